The molecule has 2 aromatic carbocycles. The lowest BCUT2D eigenvalue weighted by Crippen LogP contribution is -2.45. The summed E-state index contributed by atoms with van der Waals surface area (Å²) in [6.07, 6.45) is -1.23. The second-order valence-electron chi connectivity index (χ2n) is 8.04. The molecule has 7 heteroatoms. The van der Waals surface area contributed by atoms with E-state index in [4.69, 9.17) is 21.2 Å². The first-order valence-electron chi connectivity index (χ1n) is 9.64. The monoisotopic (exact) mass is 408 g/mol. The first-order chi connectivity index (χ1) is 14.0. The van der Waals surface area contributed by atoms with E-state index in [0.29, 0.717) is 10.7 Å². The lowest BCUT2D eigenvalue weighted by atomic mass is 9.71. The van der Waals surface area contributed by atoms with Gasteiger partial charge in [0, 0.05) is 5.02 Å². The van der Waals surface area contributed by atoms with Gasteiger partial charge < -0.3 is 9.57 Å². The molecule has 0 spiro atoms. The summed E-state index contributed by atoms with van der Waals surface area (Å²) in [6, 6.07) is 14.8. The highest BCUT2D eigenvalue weighted by atomic mass is 35.5. The molecule has 146 valence electrons. The predicted molar refractivity (Wildman–Crippen MR) is 106 cm³/mol. The number of benzene rings is 2. The molecule has 2 amide bonds. The van der Waals surface area contributed by atoms with Crippen LogP contribution in [-0.2, 0) is 19.2 Å². The Balaban J connectivity index is 1.35. The van der Waals surface area contributed by atoms with E-state index in [1.807, 2.05) is 43.3 Å². The van der Waals surface area contributed by atoms with E-state index < -0.39 is 24.0 Å². The molecule has 4 heterocycles. The first-order valence-corrected chi connectivity index (χ1v) is 10.0. The maximum Gasteiger partial charge on any atom is 0.240 e. The quantitative estimate of drug-likeness (QED) is 0.716. The SMILES string of the molecule is Cc1ccc(N2C(=O)[C@@H]3[C@@H]4O[C@@H]([C@H]5ON=C(c6ccc(Cl)cc6)[C@H]54)[C@@H]3C2=O)cc1. The van der Waals surface area contributed by atoms with Crippen molar-refractivity contribution in [3.63, 3.8) is 0 Å². The number of oxime groups is 1. The topological polar surface area (TPSA) is 68.2 Å². The molecule has 29 heavy (non-hydrogen) atoms. The van der Waals surface area contributed by atoms with Gasteiger partial charge in [0.25, 0.3) is 0 Å². The fraction of sp³-hybridized carbons (Fsp3) is 0.318. The van der Waals surface area contributed by atoms with E-state index in [2.05, 4.69) is 5.16 Å². The van der Waals surface area contributed by atoms with Crippen LogP contribution in [0.25, 0.3) is 0 Å². The number of hydrogen-bond donors (Lipinski definition) is 0. The maximum absolute atomic E-state index is 13.3. The van der Waals surface area contributed by atoms with Crippen molar-refractivity contribution in [1.82, 2.24) is 0 Å². The number of nitrogens with zero attached hydrogens (tertiary/aromatic N) is 2. The van der Waals surface area contributed by atoms with E-state index in [9.17, 15) is 9.59 Å². The second-order valence-corrected chi connectivity index (χ2v) is 8.48. The van der Waals surface area contributed by atoms with Gasteiger partial charge in [-0.05, 0) is 36.8 Å². The largest absolute Gasteiger partial charge is 0.389 e. The average Bonchev–Trinajstić information content (AvgIpc) is 3.44. The summed E-state index contributed by atoms with van der Waals surface area (Å²) >= 11 is 6.00. The number of halogens is 1. The molecule has 0 aromatic heterocycles. The van der Waals surface area contributed by atoms with Gasteiger partial charge in [-0.15, -0.1) is 0 Å². The van der Waals surface area contributed by atoms with Crippen molar-refractivity contribution in [2.75, 3.05) is 4.90 Å². The summed E-state index contributed by atoms with van der Waals surface area (Å²) in [6.45, 7) is 1.97. The molecule has 0 N–H and O–H groups in total. The maximum atomic E-state index is 13.3. The molecule has 4 aliphatic rings. The number of fused-ring (bicyclic) bond motifs is 8. The van der Waals surface area contributed by atoms with E-state index in [-0.39, 0.29) is 23.8 Å². The summed E-state index contributed by atoms with van der Waals surface area (Å²) in [4.78, 5) is 33.5. The van der Waals surface area contributed by atoms with Crippen molar-refractivity contribution in [2.24, 2.45) is 22.9 Å². The number of carbonyl (C=O) groups is 2. The molecule has 6 rings (SSSR count). The van der Waals surface area contributed by atoms with Crippen LogP contribution in [0.2, 0.25) is 5.02 Å². The highest BCUT2D eigenvalue weighted by Crippen LogP contribution is 2.55. The highest BCUT2D eigenvalue weighted by Gasteiger charge is 2.72. The number of aryl methyl sites for hydroxylation is 1. The summed E-state index contributed by atoms with van der Waals surface area (Å²) in [5.41, 5.74) is 3.33. The molecule has 6 atom stereocenters. The molecular formula is C22H17ClN2O4. The molecule has 4 aliphatic heterocycles. The minimum atomic E-state index is -0.519. The molecule has 6 nitrogen and oxygen atoms in total. The minimum Gasteiger partial charge on any atom is -0.389 e. The van der Waals surface area contributed by atoms with E-state index in [1.165, 1.54) is 4.90 Å². The van der Waals surface area contributed by atoms with Gasteiger partial charge in [-0.1, -0.05) is 46.6 Å². The lowest BCUT2D eigenvalue weighted by Gasteiger charge is -2.26. The average molecular weight is 409 g/mol. The Bertz CT molecular complexity index is 1070. The summed E-state index contributed by atoms with van der Waals surface area (Å²) in [5, 5.41) is 4.92. The van der Waals surface area contributed by atoms with Crippen LogP contribution in [0.4, 0.5) is 5.69 Å². The highest BCUT2D eigenvalue weighted by molar-refractivity contribution is 6.30. The van der Waals surface area contributed by atoms with Crippen LogP contribution < -0.4 is 4.90 Å². The van der Waals surface area contributed by atoms with Crippen LogP contribution in [0.15, 0.2) is 53.7 Å². The van der Waals surface area contributed by atoms with Gasteiger partial charge in [0.1, 0.15) is 6.10 Å². The molecular weight excluding hydrogens is 392 g/mol. The molecule has 0 unspecified atom stereocenters. The normalized spacial score (nSPS) is 34.3. The Morgan fingerprint density at radius 3 is 2.21 bits per heavy atom. The zero-order valence-electron chi connectivity index (χ0n) is 15.5. The Kier molecular flexibility index (Phi) is 3.50. The summed E-state index contributed by atoms with van der Waals surface area (Å²) < 4.78 is 6.13. The third kappa shape index (κ3) is 2.24. The van der Waals surface area contributed by atoms with Crippen LogP contribution in [0, 0.1) is 24.7 Å². The van der Waals surface area contributed by atoms with Crippen LogP contribution >= 0.6 is 11.6 Å². The fourth-order valence-electron chi connectivity index (χ4n) is 5.16. The lowest BCUT2D eigenvalue weighted by molar-refractivity contribution is -0.125. The van der Waals surface area contributed by atoms with E-state index >= 15 is 0 Å². The standard InChI is InChI=1S/C22H17ClN2O4/c1-10-2-8-13(9-3-10)25-21(26)14-15(22(25)27)19-20-16(18(14)28-19)17(24-29-20)11-4-6-12(23)7-5-11/h2-9,14-16,18-20H,1H3/t14-,15+,16-,18-,19+,20-/m0/s1. The van der Waals surface area contributed by atoms with Crippen LogP contribution in [0.3, 0.4) is 0 Å². The molecule has 0 aliphatic carbocycles. The molecule has 2 bridgehead atoms. The molecule has 2 aromatic rings. The number of rotatable bonds is 2. The van der Waals surface area contributed by atoms with Crippen LogP contribution in [-0.4, -0.2) is 35.8 Å². The van der Waals surface area contributed by atoms with Crippen molar-refractivity contribution in [1.29, 1.82) is 0 Å². The number of ether oxygens (including phenoxy) is 1. The zero-order valence-corrected chi connectivity index (χ0v) is 16.2. The third-order valence-corrected chi connectivity index (χ3v) is 6.72. The fourth-order valence-corrected chi connectivity index (χ4v) is 5.29. The van der Waals surface area contributed by atoms with Gasteiger partial charge >= 0.3 is 0 Å². The van der Waals surface area contributed by atoms with E-state index in [0.717, 1.165) is 16.8 Å². The second kappa shape index (κ2) is 5.90. The Labute approximate surface area is 172 Å². The minimum absolute atomic E-state index is 0.169. The molecule has 0 saturated carbocycles. The van der Waals surface area contributed by atoms with Crippen molar-refractivity contribution in [3.8, 4) is 0 Å². The van der Waals surface area contributed by atoms with Crippen molar-refractivity contribution in [2.45, 2.75) is 25.2 Å². The van der Waals surface area contributed by atoms with Gasteiger partial charge in [-0.2, -0.15) is 0 Å². The van der Waals surface area contributed by atoms with Gasteiger partial charge in [0.05, 0.1) is 35.3 Å². The van der Waals surface area contributed by atoms with Gasteiger partial charge in [-0.25, -0.2) is 4.90 Å². The smallest absolute Gasteiger partial charge is 0.240 e. The number of anilines is 1. The van der Waals surface area contributed by atoms with Gasteiger partial charge in [0.2, 0.25) is 11.8 Å². The summed E-state index contributed by atoms with van der Waals surface area (Å²) in [7, 11) is 0. The number of imide groups is 1. The van der Waals surface area contributed by atoms with Crippen LogP contribution in [0.1, 0.15) is 11.1 Å². The van der Waals surface area contributed by atoms with Crippen molar-refractivity contribution in [3.05, 3.63) is 64.7 Å². The van der Waals surface area contributed by atoms with Gasteiger partial charge in [0.15, 0.2) is 6.10 Å². The van der Waals surface area contributed by atoms with Gasteiger partial charge in [-0.3, -0.25) is 9.59 Å². The Morgan fingerprint density at radius 2 is 1.52 bits per heavy atom. The summed E-state index contributed by atoms with van der Waals surface area (Å²) in [5.74, 6) is -1.60. The van der Waals surface area contributed by atoms with E-state index in [1.54, 1.807) is 12.1 Å². The zero-order chi connectivity index (χ0) is 19.9. The molecule has 3 saturated heterocycles. The number of hydrogen-bond acceptors (Lipinski definition) is 5. The number of amides is 2. The van der Waals surface area contributed by atoms with Crippen molar-refractivity contribution >= 4 is 34.8 Å². The predicted octanol–water partition coefficient (Wildman–Crippen LogP) is 2.95. The first kappa shape index (κ1) is 17.2. The Morgan fingerprint density at radius 1 is 0.862 bits per heavy atom. The molecule has 0 radical (unpaired) electrons. The number of carbonyl (C=O) groups excluding carboxylic acids is 2. The van der Waals surface area contributed by atoms with Crippen LogP contribution in [0.5, 0.6) is 0 Å². The third-order valence-electron chi connectivity index (χ3n) is 6.47. The van der Waals surface area contributed by atoms with Crippen molar-refractivity contribution < 1.29 is 19.2 Å². The molecule has 3 fully saturated rings. The Hall–Kier alpha value is -2.70.